The van der Waals surface area contributed by atoms with Crippen molar-refractivity contribution in [3.05, 3.63) is 29.3 Å². The Hall–Kier alpha value is -2.24. The summed E-state index contributed by atoms with van der Waals surface area (Å²) in [6.45, 7) is 9.89. The number of carbonyl (C=O) groups is 2. The number of aryl methyl sites for hydroxylation is 1. The predicted octanol–water partition coefficient (Wildman–Crippen LogP) is 3.99. The summed E-state index contributed by atoms with van der Waals surface area (Å²) < 4.78 is 5.67. The lowest BCUT2D eigenvalue weighted by Gasteiger charge is -2.40. The molecule has 3 rings (SSSR count). The van der Waals surface area contributed by atoms with E-state index in [0.29, 0.717) is 31.0 Å². The van der Waals surface area contributed by atoms with Gasteiger partial charge in [-0.2, -0.15) is 0 Å². The van der Waals surface area contributed by atoms with Gasteiger partial charge in [-0.05, 0) is 61.1 Å². The SMILES string of the molecule is Cc1cc(CNC(=O)C2CN(C(=O)OC3CCC(C(C)(C)C)CC3)C2)ccc1O. The molecule has 0 unspecified atom stereocenters. The summed E-state index contributed by atoms with van der Waals surface area (Å²) in [7, 11) is 0. The second-order valence-corrected chi connectivity index (χ2v) is 9.66. The summed E-state index contributed by atoms with van der Waals surface area (Å²) in [6.07, 6.45) is 3.77. The minimum absolute atomic E-state index is 0.00622. The topological polar surface area (TPSA) is 78.9 Å². The number of hydrogen-bond donors (Lipinski definition) is 2. The van der Waals surface area contributed by atoms with Crippen LogP contribution in [0.25, 0.3) is 0 Å². The highest BCUT2D eigenvalue weighted by atomic mass is 16.6. The van der Waals surface area contributed by atoms with E-state index in [9.17, 15) is 14.7 Å². The fourth-order valence-corrected chi connectivity index (χ4v) is 4.22. The molecule has 2 aliphatic rings. The number of rotatable bonds is 4. The van der Waals surface area contributed by atoms with E-state index in [1.54, 1.807) is 17.0 Å². The number of benzene rings is 1. The lowest BCUT2D eigenvalue weighted by Crippen LogP contribution is -2.56. The van der Waals surface area contributed by atoms with Crippen LogP contribution in [-0.2, 0) is 16.1 Å². The van der Waals surface area contributed by atoms with Crippen molar-refractivity contribution >= 4 is 12.0 Å². The van der Waals surface area contributed by atoms with Gasteiger partial charge in [-0.25, -0.2) is 4.79 Å². The van der Waals surface area contributed by atoms with Crippen LogP contribution in [0, 0.1) is 24.2 Å². The van der Waals surface area contributed by atoms with Crippen molar-refractivity contribution in [2.45, 2.75) is 66.0 Å². The van der Waals surface area contributed by atoms with Gasteiger partial charge in [0.05, 0.1) is 5.92 Å². The summed E-state index contributed by atoms with van der Waals surface area (Å²) in [5.41, 5.74) is 2.03. The maximum atomic E-state index is 12.3. The van der Waals surface area contributed by atoms with Crippen LogP contribution in [-0.4, -0.2) is 41.2 Å². The first-order valence-corrected chi connectivity index (χ1v) is 10.6. The quantitative estimate of drug-likeness (QED) is 0.798. The molecule has 2 fully saturated rings. The Bertz CT molecular complexity index is 742. The van der Waals surface area contributed by atoms with Gasteiger partial charge in [0.2, 0.25) is 5.91 Å². The molecule has 1 heterocycles. The van der Waals surface area contributed by atoms with Crippen LogP contribution in [0.4, 0.5) is 4.79 Å². The van der Waals surface area contributed by atoms with E-state index in [-0.39, 0.29) is 29.8 Å². The van der Waals surface area contributed by atoms with Crippen LogP contribution < -0.4 is 5.32 Å². The molecule has 160 valence electrons. The third-order valence-electron chi connectivity index (χ3n) is 6.40. The molecule has 0 atom stereocenters. The van der Waals surface area contributed by atoms with Crippen molar-refractivity contribution in [1.82, 2.24) is 10.2 Å². The van der Waals surface area contributed by atoms with Gasteiger partial charge in [-0.3, -0.25) is 4.79 Å². The Morgan fingerprint density at radius 2 is 1.83 bits per heavy atom. The average Bonchev–Trinajstić information content (AvgIpc) is 2.61. The molecule has 0 radical (unpaired) electrons. The lowest BCUT2D eigenvalue weighted by molar-refractivity contribution is -0.129. The maximum absolute atomic E-state index is 12.3. The van der Waals surface area contributed by atoms with E-state index in [1.165, 1.54) is 0 Å². The molecule has 2 amide bonds. The monoisotopic (exact) mass is 402 g/mol. The van der Waals surface area contributed by atoms with Crippen LogP contribution in [0.1, 0.15) is 57.6 Å². The average molecular weight is 403 g/mol. The van der Waals surface area contributed by atoms with Crippen LogP contribution >= 0.6 is 0 Å². The highest BCUT2D eigenvalue weighted by Gasteiger charge is 2.38. The van der Waals surface area contributed by atoms with Crippen LogP contribution in [0.3, 0.4) is 0 Å². The molecule has 1 saturated carbocycles. The van der Waals surface area contributed by atoms with E-state index in [1.807, 2.05) is 13.0 Å². The second kappa shape index (κ2) is 8.64. The molecule has 2 N–H and O–H groups in total. The molecule has 1 aromatic carbocycles. The first-order valence-electron chi connectivity index (χ1n) is 10.6. The number of carbonyl (C=O) groups excluding carboxylic acids is 2. The number of hydrogen-bond acceptors (Lipinski definition) is 4. The van der Waals surface area contributed by atoms with E-state index in [0.717, 1.165) is 36.8 Å². The van der Waals surface area contributed by atoms with Crippen molar-refractivity contribution in [2.24, 2.45) is 17.3 Å². The van der Waals surface area contributed by atoms with Crippen molar-refractivity contribution in [3.8, 4) is 5.75 Å². The van der Waals surface area contributed by atoms with Crippen molar-refractivity contribution in [1.29, 1.82) is 0 Å². The molecule has 1 aromatic rings. The van der Waals surface area contributed by atoms with Gasteiger partial charge < -0.3 is 20.1 Å². The van der Waals surface area contributed by atoms with Gasteiger partial charge in [-0.15, -0.1) is 0 Å². The van der Waals surface area contributed by atoms with Crippen molar-refractivity contribution < 1.29 is 19.4 Å². The van der Waals surface area contributed by atoms with Gasteiger partial charge in [0, 0.05) is 19.6 Å². The molecule has 29 heavy (non-hydrogen) atoms. The summed E-state index contributed by atoms with van der Waals surface area (Å²) in [4.78, 5) is 26.3. The Morgan fingerprint density at radius 1 is 1.17 bits per heavy atom. The van der Waals surface area contributed by atoms with Gasteiger partial charge in [0.25, 0.3) is 0 Å². The molecular formula is C23H34N2O4. The second-order valence-electron chi connectivity index (χ2n) is 9.66. The number of likely N-dealkylation sites (tertiary alicyclic amines) is 1. The van der Waals surface area contributed by atoms with Gasteiger partial charge in [0.1, 0.15) is 11.9 Å². The number of phenolic OH excluding ortho intramolecular Hbond substituents is 1. The van der Waals surface area contributed by atoms with E-state index >= 15 is 0 Å². The predicted molar refractivity (Wildman–Crippen MR) is 111 cm³/mol. The maximum Gasteiger partial charge on any atom is 0.410 e. The minimum atomic E-state index is -0.289. The zero-order valence-electron chi connectivity index (χ0n) is 18.0. The first kappa shape index (κ1) is 21.5. The summed E-state index contributed by atoms with van der Waals surface area (Å²) in [5.74, 6) is 0.704. The fraction of sp³-hybridized carbons (Fsp3) is 0.652. The number of ether oxygens (including phenoxy) is 1. The standard InChI is InChI=1S/C23H34N2O4/c1-15-11-16(5-10-20(15)26)12-24-21(27)17-13-25(14-17)22(28)29-19-8-6-18(7-9-19)23(2,3)4/h5,10-11,17-19,26H,6-9,12-14H2,1-4H3,(H,24,27). The van der Waals surface area contributed by atoms with Gasteiger partial charge >= 0.3 is 6.09 Å². The number of phenols is 1. The summed E-state index contributed by atoms with van der Waals surface area (Å²) in [6, 6.07) is 5.28. The number of nitrogens with zero attached hydrogens (tertiary/aromatic N) is 1. The Labute approximate surface area is 173 Å². The largest absolute Gasteiger partial charge is 0.508 e. The van der Waals surface area contributed by atoms with Gasteiger partial charge in [0.15, 0.2) is 0 Å². The van der Waals surface area contributed by atoms with E-state index < -0.39 is 0 Å². The highest BCUT2D eigenvalue weighted by Crippen LogP contribution is 2.38. The van der Waals surface area contributed by atoms with Crippen molar-refractivity contribution in [3.63, 3.8) is 0 Å². The number of aromatic hydroxyl groups is 1. The summed E-state index contributed by atoms with van der Waals surface area (Å²) in [5, 5.41) is 12.5. The Kier molecular flexibility index (Phi) is 6.39. The molecule has 6 nitrogen and oxygen atoms in total. The molecule has 0 bridgehead atoms. The molecule has 6 heteroatoms. The van der Waals surface area contributed by atoms with E-state index in [2.05, 4.69) is 26.1 Å². The summed E-state index contributed by atoms with van der Waals surface area (Å²) >= 11 is 0. The molecule has 1 aliphatic carbocycles. The molecule has 0 spiro atoms. The zero-order chi connectivity index (χ0) is 21.2. The van der Waals surface area contributed by atoms with Crippen molar-refractivity contribution in [2.75, 3.05) is 13.1 Å². The lowest BCUT2D eigenvalue weighted by atomic mass is 9.72. The molecule has 0 aromatic heterocycles. The number of amides is 2. The third-order valence-corrected chi connectivity index (χ3v) is 6.40. The minimum Gasteiger partial charge on any atom is -0.508 e. The molecule has 1 saturated heterocycles. The normalized spacial score (nSPS) is 22.7. The first-order chi connectivity index (χ1) is 13.6. The fourth-order valence-electron chi connectivity index (χ4n) is 4.22. The third kappa shape index (κ3) is 5.43. The smallest absolute Gasteiger partial charge is 0.410 e. The Morgan fingerprint density at radius 3 is 2.41 bits per heavy atom. The van der Waals surface area contributed by atoms with Crippen LogP contribution in [0.2, 0.25) is 0 Å². The molecular weight excluding hydrogens is 368 g/mol. The highest BCUT2D eigenvalue weighted by molar-refractivity contribution is 5.82. The zero-order valence-corrected chi connectivity index (χ0v) is 18.0. The van der Waals surface area contributed by atoms with Crippen LogP contribution in [0.15, 0.2) is 18.2 Å². The van der Waals surface area contributed by atoms with Crippen LogP contribution in [0.5, 0.6) is 5.75 Å². The molecule has 1 aliphatic heterocycles. The Balaban J connectivity index is 1.36. The number of nitrogens with one attached hydrogen (secondary N) is 1. The van der Waals surface area contributed by atoms with E-state index in [4.69, 9.17) is 4.74 Å². The van der Waals surface area contributed by atoms with Gasteiger partial charge in [-0.1, -0.05) is 32.9 Å².